The van der Waals surface area contributed by atoms with Crippen molar-refractivity contribution in [3.63, 3.8) is 0 Å². The number of carbonyl (C=O) groups is 1. The Balaban J connectivity index is 2.02. The van der Waals surface area contributed by atoms with Crippen LogP contribution in [-0.4, -0.2) is 38.1 Å². The van der Waals surface area contributed by atoms with Gasteiger partial charge in [0.2, 0.25) is 0 Å². The Kier molecular flexibility index (Phi) is 4.37. The number of nitrogens with two attached hydrogens (primary N) is 2. The number of thioether (sulfide) groups is 1. The summed E-state index contributed by atoms with van der Waals surface area (Å²) in [4.78, 5) is 17.6. The van der Waals surface area contributed by atoms with Crippen molar-refractivity contribution in [1.82, 2.24) is 4.90 Å². The van der Waals surface area contributed by atoms with Crippen LogP contribution in [0.25, 0.3) is 0 Å². The monoisotopic (exact) mass is 398 g/mol. The molecule has 1 amide bonds. The first-order valence-corrected chi connectivity index (χ1v) is 9.42. The molecular formula is C18H24F2N4O2S. The molecule has 148 valence electrons. The lowest BCUT2D eigenvalue weighted by Gasteiger charge is -2.39. The van der Waals surface area contributed by atoms with Crippen molar-refractivity contribution in [2.75, 3.05) is 12.3 Å². The summed E-state index contributed by atoms with van der Waals surface area (Å²) in [7, 11) is 0. The zero-order valence-electron chi connectivity index (χ0n) is 15.7. The topological polar surface area (TPSA) is 105 Å². The molecule has 0 aromatic heterocycles. The number of anilines is 1. The van der Waals surface area contributed by atoms with E-state index in [-0.39, 0.29) is 28.9 Å². The Hall–Kier alpha value is -2.03. The molecule has 0 unspecified atom stereocenters. The normalized spacial score (nSPS) is 29.7. The lowest BCUT2D eigenvalue weighted by molar-refractivity contribution is 0.0973. The quantitative estimate of drug-likeness (QED) is 0.677. The highest BCUT2D eigenvalue weighted by Crippen LogP contribution is 2.66. The molecular weight excluding hydrogens is 374 g/mol. The fourth-order valence-electron chi connectivity index (χ4n) is 3.94. The predicted molar refractivity (Wildman–Crippen MR) is 103 cm³/mol. The maximum Gasteiger partial charge on any atom is 0.407 e. The molecule has 1 heterocycles. The standard InChI is InChI=1S/C18H24F2N4O2S/c1-16(2,3)24(15(25)26)8-18-7-12(18)17(4,23-14(22)27-18)10-5-9(21)6-11(19)13(10)20/h5-6,12H,7-8,21H2,1-4H3,(H2,22,23)(H,25,26)/t12-,17+,18-/m0/s1. The van der Waals surface area contributed by atoms with Gasteiger partial charge in [-0.05, 0) is 46.2 Å². The second-order valence-corrected chi connectivity index (χ2v) is 9.86. The lowest BCUT2D eigenvalue weighted by Crippen LogP contribution is -2.51. The van der Waals surface area contributed by atoms with Crippen molar-refractivity contribution in [2.24, 2.45) is 16.6 Å². The number of benzene rings is 1. The van der Waals surface area contributed by atoms with Crippen LogP contribution in [0.1, 0.15) is 39.7 Å². The number of aliphatic imine (C=N–C) groups is 1. The number of rotatable bonds is 3. The fraction of sp³-hybridized carbons (Fsp3) is 0.556. The average Bonchev–Trinajstić information content (AvgIpc) is 3.22. The highest BCUT2D eigenvalue weighted by Gasteiger charge is 2.67. The molecule has 1 aromatic rings. The molecule has 1 aliphatic heterocycles. The number of hydrogen-bond donors (Lipinski definition) is 3. The van der Waals surface area contributed by atoms with Crippen LogP contribution in [0.2, 0.25) is 0 Å². The Labute approximate surface area is 161 Å². The first-order chi connectivity index (χ1) is 12.3. The van der Waals surface area contributed by atoms with Crippen molar-refractivity contribution < 1.29 is 18.7 Å². The second kappa shape index (κ2) is 5.98. The zero-order chi connectivity index (χ0) is 20.4. The summed E-state index contributed by atoms with van der Waals surface area (Å²) >= 11 is 1.31. The molecule has 1 saturated carbocycles. The van der Waals surface area contributed by atoms with E-state index in [0.29, 0.717) is 6.42 Å². The van der Waals surface area contributed by atoms with Gasteiger partial charge in [0.15, 0.2) is 16.8 Å². The molecule has 27 heavy (non-hydrogen) atoms. The van der Waals surface area contributed by atoms with E-state index in [2.05, 4.69) is 4.99 Å². The van der Waals surface area contributed by atoms with E-state index < -0.39 is 33.6 Å². The third kappa shape index (κ3) is 3.22. The molecule has 1 fully saturated rings. The largest absolute Gasteiger partial charge is 0.465 e. The van der Waals surface area contributed by atoms with Gasteiger partial charge in [-0.15, -0.1) is 0 Å². The number of amides is 1. The maximum absolute atomic E-state index is 14.6. The zero-order valence-corrected chi connectivity index (χ0v) is 16.5. The summed E-state index contributed by atoms with van der Waals surface area (Å²) in [6.07, 6.45) is -0.444. The fourth-order valence-corrected chi connectivity index (χ4v) is 5.41. The van der Waals surface area contributed by atoms with Gasteiger partial charge in [-0.2, -0.15) is 0 Å². The first-order valence-electron chi connectivity index (χ1n) is 8.60. The minimum atomic E-state index is -1.11. The molecule has 3 atom stereocenters. The van der Waals surface area contributed by atoms with Crippen molar-refractivity contribution in [3.05, 3.63) is 29.3 Å². The molecule has 0 saturated heterocycles. The third-order valence-electron chi connectivity index (χ3n) is 5.42. The molecule has 3 rings (SSSR count). The van der Waals surface area contributed by atoms with Crippen LogP contribution in [0.4, 0.5) is 19.3 Å². The van der Waals surface area contributed by atoms with Gasteiger partial charge in [0.05, 0.1) is 5.54 Å². The van der Waals surface area contributed by atoms with E-state index in [1.54, 1.807) is 6.92 Å². The Morgan fingerprint density at radius 3 is 2.59 bits per heavy atom. The van der Waals surface area contributed by atoms with Crippen molar-refractivity contribution >= 4 is 28.7 Å². The van der Waals surface area contributed by atoms with Gasteiger partial charge in [0.1, 0.15) is 0 Å². The van der Waals surface area contributed by atoms with Crippen LogP contribution < -0.4 is 11.5 Å². The van der Waals surface area contributed by atoms with E-state index in [9.17, 15) is 18.7 Å². The minimum absolute atomic E-state index is 0.0489. The summed E-state index contributed by atoms with van der Waals surface area (Å²) in [5.74, 6) is -2.23. The van der Waals surface area contributed by atoms with Gasteiger partial charge < -0.3 is 21.5 Å². The number of hydrogen-bond acceptors (Lipinski definition) is 5. The van der Waals surface area contributed by atoms with Crippen molar-refractivity contribution in [3.8, 4) is 0 Å². The van der Waals surface area contributed by atoms with Crippen LogP contribution in [0.15, 0.2) is 17.1 Å². The molecule has 5 N–H and O–H groups in total. The lowest BCUT2D eigenvalue weighted by atomic mass is 9.85. The predicted octanol–water partition coefficient (Wildman–Crippen LogP) is 3.36. The second-order valence-electron chi connectivity index (χ2n) is 8.42. The van der Waals surface area contributed by atoms with Crippen LogP contribution in [0.3, 0.4) is 0 Å². The maximum atomic E-state index is 14.6. The first kappa shape index (κ1) is 19.7. The number of nitrogen functional groups attached to an aromatic ring is 1. The van der Waals surface area contributed by atoms with Gasteiger partial charge >= 0.3 is 6.09 Å². The number of carboxylic acid groups (broad SMARTS) is 1. The number of halogens is 2. The molecule has 0 radical (unpaired) electrons. The summed E-state index contributed by atoms with van der Waals surface area (Å²) in [6.45, 7) is 7.36. The summed E-state index contributed by atoms with van der Waals surface area (Å²) in [6, 6.07) is 2.31. The van der Waals surface area contributed by atoms with Crippen molar-refractivity contribution in [2.45, 2.75) is 49.9 Å². The number of nitrogens with zero attached hydrogens (tertiary/aromatic N) is 2. The molecule has 2 aliphatic rings. The number of fused-ring (bicyclic) bond motifs is 1. The Morgan fingerprint density at radius 2 is 2.04 bits per heavy atom. The Bertz CT molecular complexity index is 841. The smallest absolute Gasteiger partial charge is 0.407 e. The van der Waals surface area contributed by atoms with Crippen LogP contribution in [-0.2, 0) is 5.54 Å². The van der Waals surface area contributed by atoms with Gasteiger partial charge in [-0.1, -0.05) is 11.8 Å². The van der Waals surface area contributed by atoms with Gasteiger partial charge in [0.25, 0.3) is 0 Å². The van der Waals surface area contributed by atoms with Crippen LogP contribution in [0.5, 0.6) is 0 Å². The van der Waals surface area contributed by atoms with Crippen LogP contribution >= 0.6 is 11.8 Å². The number of amidine groups is 1. The third-order valence-corrected chi connectivity index (χ3v) is 6.70. The van der Waals surface area contributed by atoms with Crippen molar-refractivity contribution in [1.29, 1.82) is 0 Å². The van der Waals surface area contributed by atoms with Crippen LogP contribution in [0, 0.1) is 17.6 Å². The van der Waals surface area contributed by atoms with Gasteiger partial charge in [0, 0.05) is 34.0 Å². The molecule has 1 aromatic carbocycles. The molecule has 0 spiro atoms. The van der Waals surface area contributed by atoms with E-state index >= 15 is 0 Å². The van der Waals surface area contributed by atoms with E-state index in [1.807, 2.05) is 20.8 Å². The van der Waals surface area contributed by atoms with Gasteiger partial charge in [-0.25, -0.2) is 13.6 Å². The highest BCUT2D eigenvalue weighted by atomic mass is 32.2. The Morgan fingerprint density at radius 1 is 1.41 bits per heavy atom. The molecule has 0 bridgehead atoms. The summed E-state index contributed by atoms with van der Waals surface area (Å²) < 4.78 is 28.0. The molecule has 1 aliphatic carbocycles. The minimum Gasteiger partial charge on any atom is -0.465 e. The summed E-state index contributed by atoms with van der Waals surface area (Å²) in [5, 5.41) is 9.86. The SMILES string of the molecule is CC(C)(C)N(C[C@@]12C[C@H]1[C@@](C)(c1cc(N)cc(F)c1F)N=C(N)S2)C(=O)O. The molecule has 9 heteroatoms. The van der Waals surface area contributed by atoms with E-state index in [0.717, 1.165) is 6.07 Å². The average molecular weight is 398 g/mol. The van der Waals surface area contributed by atoms with Gasteiger partial charge in [-0.3, -0.25) is 4.99 Å². The molecule has 6 nitrogen and oxygen atoms in total. The highest BCUT2D eigenvalue weighted by molar-refractivity contribution is 8.15. The van der Waals surface area contributed by atoms with E-state index in [4.69, 9.17) is 11.5 Å². The summed E-state index contributed by atoms with van der Waals surface area (Å²) in [5.41, 5.74) is 10.2. The van der Waals surface area contributed by atoms with E-state index in [1.165, 1.54) is 22.7 Å².